The van der Waals surface area contributed by atoms with Crippen LogP contribution in [0.5, 0.6) is 5.75 Å². The lowest BCUT2D eigenvalue weighted by Crippen LogP contribution is -2.48. The third-order valence-electron chi connectivity index (χ3n) is 2.70. The molecule has 7 heteroatoms. The van der Waals surface area contributed by atoms with E-state index in [0.29, 0.717) is 31.3 Å². The Labute approximate surface area is 129 Å². The first-order valence-corrected chi connectivity index (χ1v) is 6.62. The number of hydrogen-bond donors (Lipinski definition) is 2. The molecule has 1 amide bonds. The van der Waals surface area contributed by atoms with Crippen molar-refractivity contribution in [3.05, 3.63) is 29.3 Å². The Kier molecular flexibility index (Phi) is 7.69. The van der Waals surface area contributed by atoms with Gasteiger partial charge in [0.1, 0.15) is 18.5 Å². The fourth-order valence-corrected chi connectivity index (χ4v) is 1.85. The molecule has 20 heavy (non-hydrogen) atoms. The van der Waals surface area contributed by atoms with Crippen LogP contribution in [0.15, 0.2) is 24.3 Å². The van der Waals surface area contributed by atoms with Gasteiger partial charge in [-0.3, -0.25) is 4.79 Å². The van der Waals surface area contributed by atoms with E-state index in [-0.39, 0.29) is 18.3 Å². The number of carbonyl (C=O) groups excluding carboxylic acids is 1. The Balaban J connectivity index is 0.00000200. The monoisotopic (exact) mass is 320 g/mol. The van der Waals surface area contributed by atoms with Gasteiger partial charge in [0.15, 0.2) is 0 Å². The Morgan fingerprint density at radius 2 is 2.20 bits per heavy atom. The van der Waals surface area contributed by atoms with Gasteiger partial charge < -0.3 is 20.1 Å². The van der Waals surface area contributed by atoms with Gasteiger partial charge in [0.25, 0.3) is 5.91 Å². The third kappa shape index (κ3) is 5.54. The second kappa shape index (κ2) is 9.02. The maximum atomic E-state index is 11.7. The molecule has 0 aromatic heterocycles. The molecule has 2 rings (SSSR count). The molecule has 0 radical (unpaired) electrons. The third-order valence-corrected chi connectivity index (χ3v) is 2.96. The van der Waals surface area contributed by atoms with Crippen LogP contribution in [-0.2, 0) is 9.53 Å². The second-order valence-electron chi connectivity index (χ2n) is 4.16. The van der Waals surface area contributed by atoms with Crippen LogP contribution in [0.1, 0.15) is 0 Å². The van der Waals surface area contributed by atoms with Gasteiger partial charge >= 0.3 is 0 Å². The second-order valence-corrected chi connectivity index (χ2v) is 4.59. The summed E-state index contributed by atoms with van der Waals surface area (Å²) in [4.78, 5) is 11.7. The molecule has 1 aliphatic heterocycles. The van der Waals surface area contributed by atoms with Gasteiger partial charge in [-0.05, 0) is 24.3 Å². The van der Waals surface area contributed by atoms with Crippen molar-refractivity contribution in [1.29, 1.82) is 0 Å². The summed E-state index contributed by atoms with van der Waals surface area (Å²) in [6.45, 7) is 2.78. The van der Waals surface area contributed by atoms with Crippen LogP contribution in [0, 0.1) is 0 Å². The average Bonchev–Trinajstić information content (AvgIpc) is 2.46. The molecule has 2 N–H and O–H groups in total. The van der Waals surface area contributed by atoms with E-state index in [1.54, 1.807) is 24.3 Å². The number of carbonyl (C=O) groups is 1. The minimum absolute atomic E-state index is 0. The van der Waals surface area contributed by atoms with Crippen LogP contribution < -0.4 is 15.4 Å². The van der Waals surface area contributed by atoms with Crippen molar-refractivity contribution in [2.75, 3.05) is 32.8 Å². The largest absolute Gasteiger partial charge is 0.492 e. The lowest BCUT2D eigenvalue weighted by molar-refractivity contribution is -0.134. The highest BCUT2D eigenvalue weighted by Gasteiger charge is 2.20. The van der Waals surface area contributed by atoms with E-state index in [4.69, 9.17) is 21.1 Å². The maximum absolute atomic E-state index is 11.7. The van der Waals surface area contributed by atoms with E-state index in [2.05, 4.69) is 10.6 Å². The van der Waals surface area contributed by atoms with Crippen molar-refractivity contribution in [2.24, 2.45) is 0 Å². The summed E-state index contributed by atoms with van der Waals surface area (Å²) in [5.74, 6) is 0.626. The first kappa shape index (κ1) is 17.0. The zero-order chi connectivity index (χ0) is 13.5. The van der Waals surface area contributed by atoms with E-state index >= 15 is 0 Å². The minimum Gasteiger partial charge on any atom is -0.492 e. The van der Waals surface area contributed by atoms with Crippen molar-refractivity contribution in [3.8, 4) is 5.75 Å². The summed E-state index contributed by atoms with van der Waals surface area (Å²) in [6.07, 6.45) is -0.399. The number of halogens is 2. The van der Waals surface area contributed by atoms with Crippen LogP contribution in [0.25, 0.3) is 0 Å². The van der Waals surface area contributed by atoms with E-state index in [9.17, 15) is 4.79 Å². The highest BCUT2D eigenvalue weighted by molar-refractivity contribution is 6.30. The molecule has 0 aliphatic carbocycles. The van der Waals surface area contributed by atoms with Gasteiger partial charge in [0, 0.05) is 18.1 Å². The van der Waals surface area contributed by atoms with Crippen molar-refractivity contribution in [2.45, 2.75) is 6.10 Å². The molecule has 1 atom stereocenters. The van der Waals surface area contributed by atoms with Crippen LogP contribution in [0.4, 0.5) is 0 Å². The summed E-state index contributed by atoms with van der Waals surface area (Å²) < 4.78 is 10.8. The summed E-state index contributed by atoms with van der Waals surface area (Å²) >= 11 is 5.77. The van der Waals surface area contributed by atoms with Crippen molar-refractivity contribution < 1.29 is 14.3 Å². The average molecular weight is 321 g/mol. The molecule has 1 aliphatic rings. The normalized spacial score (nSPS) is 17.9. The highest BCUT2D eigenvalue weighted by atomic mass is 35.5. The van der Waals surface area contributed by atoms with Gasteiger partial charge in [-0.1, -0.05) is 11.6 Å². The number of morpholine rings is 1. The van der Waals surface area contributed by atoms with Gasteiger partial charge in [-0.15, -0.1) is 12.4 Å². The number of nitrogens with one attached hydrogen (secondary N) is 2. The topological polar surface area (TPSA) is 59.6 Å². The standard InChI is InChI=1S/C13H17ClN2O3.ClH/c14-10-1-3-11(4-2-10)18-8-6-16-13(17)12-9-15-5-7-19-12;/h1-4,12,15H,5-9H2,(H,16,17);1H. The quantitative estimate of drug-likeness (QED) is 0.802. The number of ether oxygens (including phenoxy) is 2. The van der Waals surface area contributed by atoms with Crippen LogP contribution in [0.2, 0.25) is 5.02 Å². The van der Waals surface area contributed by atoms with E-state index in [1.807, 2.05) is 0 Å². The minimum atomic E-state index is -0.399. The number of rotatable bonds is 5. The predicted molar refractivity (Wildman–Crippen MR) is 79.8 cm³/mol. The molecule has 1 unspecified atom stereocenters. The predicted octanol–water partition coefficient (Wildman–Crippen LogP) is 1.25. The van der Waals surface area contributed by atoms with Gasteiger partial charge in [0.05, 0.1) is 13.2 Å². The molecule has 0 saturated carbocycles. The summed E-state index contributed by atoms with van der Waals surface area (Å²) in [7, 11) is 0. The number of amides is 1. The fraction of sp³-hybridized carbons (Fsp3) is 0.462. The molecular formula is C13H18Cl2N2O3. The van der Waals surface area contributed by atoms with Crippen LogP contribution in [-0.4, -0.2) is 44.9 Å². The summed E-state index contributed by atoms with van der Waals surface area (Å²) in [5, 5.41) is 6.56. The molecule has 1 aromatic rings. The zero-order valence-electron chi connectivity index (χ0n) is 10.9. The van der Waals surface area contributed by atoms with E-state index in [1.165, 1.54) is 0 Å². The van der Waals surface area contributed by atoms with Gasteiger partial charge in [-0.2, -0.15) is 0 Å². The summed E-state index contributed by atoms with van der Waals surface area (Å²) in [5.41, 5.74) is 0. The van der Waals surface area contributed by atoms with E-state index < -0.39 is 6.10 Å². The van der Waals surface area contributed by atoms with Crippen LogP contribution in [0.3, 0.4) is 0 Å². The first-order valence-electron chi connectivity index (χ1n) is 6.24. The SMILES string of the molecule is Cl.O=C(NCCOc1ccc(Cl)cc1)C1CNCCO1. The highest BCUT2D eigenvalue weighted by Crippen LogP contribution is 2.15. The van der Waals surface area contributed by atoms with Crippen molar-refractivity contribution in [3.63, 3.8) is 0 Å². The Bertz CT molecular complexity index is 409. The van der Waals surface area contributed by atoms with E-state index in [0.717, 1.165) is 12.3 Å². The van der Waals surface area contributed by atoms with Crippen molar-refractivity contribution >= 4 is 29.9 Å². The maximum Gasteiger partial charge on any atom is 0.250 e. The van der Waals surface area contributed by atoms with Crippen LogP contribution >= 0.6 is 24.0 Å². The van der Waals surface area contributed by atoms with Crippen molar-refractivity contribution in [1.82, 2.24) is 10.6 Å². The molecule has 1 saturated heterocycles. The van der Waals surface area contributed by atoms with Gasteiger partial charge in [-0.25, -0.2) is 0 Å². The molecular weight excluding hydrogens is 303 g/mol. The summed E-state index contributed by atoms with van der Waals surface area (Å²) in [6, 6.07) is 7.10. The van der Waals surface area contributed by atoms with Gasteiger partial charge in [0.2, 0.25) is 0 Å². The fourth-order valence-electron chi connectivity index (χ4n) is 1.72. The lowest BCUT2D eigenvalue weighted by atomic mass is 10.3. The molecule has 0 spiro atoms. The number of hydrogen-bond acceptors (Lipinski definition) is 4. The molecule has 1 fully saturated rings. The molecule has 1 heterocycles. The zero-order valence-corrected chi connectivity index (χ0v) is 12.5. The number of benzene rings is 1. The Morgan fingerprint density at radius 3 is 2.85 bits per heavy atom. The molecule has 112 valence electrons. The Morgan fingerprint density at radius 1 is 1.45 bits per heavy atom. The lowest BCUT2D eigenvalue weighted by Gasteiger charge is -2.22. The molecule has 1 aromatic carbocycles. The molecule has 0 bridgehead atoms. The smallest absolute Gasteiger partial charge is 0.250 e. The molecule has 5 nitrogen and oxygen atoms in total. The Hall–Kier alpha value is -1.01. The first-order chi connectivity index (χ1) is 9.25.